The first kappa shape index (κ1) is 20.4. The number of hydrogen-bond acceptors (Lipinski definition) is 5. The van der Waals surface area contributed by atoms with Gasteiger partial charge in [0.25, 0.3) is 0 Å². The molecule has 0 saturated heterocycles. The number of hydrogen-bond donors (Lipinski definition) is 2. The van der Waals surface area contributed by atoms with E-state index in [1.807, 2.05) is 27.7 Å². The van der Waals surface area contributed by atoms with Gasteiger partial charge in [-0.3, -0.25) is 9.63 Å². The van der Waals surface area contributed by atoms with Crippen LogP contribution in [0.1, 0.15) is 66.7 Å². The van der Waals surface area contributed by atoms with Crippen molar-refractivity contribution in [2.75, 3.05) is 13.1 Å². The van der Waals surface area contributed by atoms with Gasteiger partial charge in [-0.05, 0) is 64.2 Å². The van der Waals surface area contributed by atoms with Crippen molar-refractivity contribution in [1.82, 2.24) is 16.1 Å². The Morgan fingerprint density at radius 2 is 1.91 bits per heavy atom. The minimum absolute atomic E-state index is 0.129. The summed E-state index contributed by atoms with van der Waals surface area (Å²) in [6.45, 7) is 11.1. The van der Waals surface area contributed by atoms with Crippen LogP contribution < -0.4 is 10.7 Å². The lowest BCUT2D eigenvalue weighted by Gasteiger charge is -2.37. The first-order valence-corrected chi connectivity index (χ1v) is 8.87. The number of nitrogens with zero attached hydrogens (tertiary/aromatic N) is 1. The van der Waals surface area contributed by atoms with E-state index in [9.17, 15) is 10.0 Å². The van der Waals surface area contributed by atoms with Gasteiger partial charge < -0.3 is 10.5 Å². The Labute approximate surface area is 140 Å². The van der Waals surface area contributed by atoms with Crippen molar-refractivity contribution in [3.8, 4) is 0 Å². The van der Waals surface area contributed by atoms with Crippen LogP contribution in [0.15, 0.2) is 0 Å². The SMILES string of the molecule is CCC(=O)NC[C@H](C)C1CCC(CNN([O-])OC(C)(C)C)CC1. The Morgan fingerprint density at radius 3 is 2.43 bits per heavy atom. The average Bonchev–Trinajstić information content (AvgIpc) is 2.49. The summed E-state index contributed by atoms with van der Waals surface area (Å²) in [7, 11) is 0. The Balaban J connectivity index is 2.21. The van der Waals surface area contributed by atoms with Crippen LogP contribution in [0, 0.1) is 23.0 Å². The van der Waals surface area contributed by atoms with Crippen LogP contribution in [0.3, 0.4) is 0 Å². The molecule has 136 valence electrons. The van der Waals surface area contributed by atoms with Gasteiger partial charge in [-0.15, -0.1) is 0 Å². The van der Waals surface area contributed by atoms with Crippen LogP contribution in [0.5, 0.6) is 0 Å². The molecule has 0 aromatic carbocycles. The van der Waals surface area contributed by atoms with Gasteiger partial charge in [0.05, 0.1) is 5.60 Å². The fourth-order valence-corrected chi connectivity index (χ4v) is 3.01. The fraction of sp³-hybridized carbons (Fsp3) is 0.941. The molecule has 0 spiro atoms. The van der Waals surface area contributed by atoms with Crippen LogP contribution in [-0.4, -0.2) is 29.9 Å². The van der Waals surface area contributed by atoms with Gasteiger partial charge in [0, 0.05) is 19.5 Å². The van der Waals surface area contributed by atoms with E-state index < -0.39 is 5.60 Å². The van der Waals surface area contributed by atoms with Crippen molar-refractivity contribution >= 4 is 5.91 Å². The van der Waals surface area contributed by atoms with Gasteiger partial charge in [-0.1, -0.05) is 13.8 Å². The molecule has 23 heavy (non-hydrogen) atoms. The van der Waals surface area contributed by atoms with Gasteiger partial charge in [-0.25, -0.2) is 5.43 Å². The number of nitrogens with one attached hydrogen (secondary N) is 2. The number of amides is 1. The van der Waals surface area contributed by atoms with Gasteiger partial charge in [0.2, 0.25) is 5.91 Å². The second-order valence-corrected chi connectivity index (χ2v) is 7.74. The third-order valence-corrected chi connectivity index (χ3v) is 4.50. The van der Waals surface area contributed by atoms with Gasteiger partial charge in [0.15, 0.2) is 0 Å². The van der Waals surface area contributed by atoms with Crippen LogP contribution in [0.4, 0.5) is 0 Å². The third kappa shape index (κ3) is 8.65. The molecule has 0 heterocycles. The molecule has 0 unspecified atom stereocenters. The molecule has 1 fully saturated rings. The smallest absolute Gasteiger partial charge is 0.219 e. The Hall–Kier alpha value is -0.690. The molecule has 6 nitrogen and oxygen atoms in total. The van der Waals surface area contributed by atoms with Crippen LogP contribution in [-0.2, 0) is 9.63 Å². The van der Waals surface area contributed by atoms with E-state index in [1.54, 1.807) is 0 Å². The van der Waals surface area contributed by atoms with E-state index in [2.05, 4.69) is 17.7 Å². The predicted molar refractivity (Wildman–Crippen MR) is 92.0 cm³/mol. The second kappa shape index (κ2) is 9.57. The molecule has 1 saturated carbocycles. The van der Waals surface area contributed by atoms with Crippen molar-refractivity contribution in [3.63, 3.8) is 0 Å². The highest BCUT2D eigenvalue weighted by molar-refractivity contribution is 5.75. The zero-order valence-corrected chi connectivity index (χ0v) is 15.4. The third-order valence-electron chi connectivity index (χ3n) is 4.50. The molecular weight excluding hydrogens is 294 g/mol. The lowest BCUT2D eigenvalue weighted by atomic mass is 9.76. The lowest BCUT2D eigenvalue weighted by molar-refractivity contribution is -0.228. The zero-order chi connectivity index (χ0) is 17.5. The molecule has 6 heteroatoms. The summed E-state index contributed by atoms with van der Waals surface area (Å²) >= 11 is 0. The molecule has 1 atom stereocenters. The topological polar surface area (TPSA) is 76.7 Å². The highest BCUT2D eigenvalue weighted by atomic mass is 16.9. The predicted octanol–water partition coefficient (Wildman–Crippen LogP) is 2.99. The largest absolute Gasteiger partial charge is 0.748 e. The first-order valence-electron chi connectivity index (χ1n) is 8.87. The van der Waals surface area contributed by atoms with Crippen molar-refractivity contribution < 1.29 is 9.63 Å². The number of rotatable bonds is 8. The van der Waals surface area contributed by atoms with E-state index in [1.165, 1.54) is 0 Å². The molecule has 0 bridgehead atoms. The molecule has 2 N–H and O–H groups in total. The highest BCUT2D eigenvalue weighted by Crippen LogP contribution is 2.33. The minimum Gasteiger partial charge on any atom is -0.748 e. The quantitative estimate of drug-likeness (QED) is 0.670. The van der Waals surface area contributed by atoms with E-state index in [4.69, 9.17) is 4.84 Å². The summed E-state index contributed by atoms with van der Waals surface area (Å²) in [6.07, 6.45) is 5.11. The van der Waals surface area contributed by atoms with Gasteiger partial charge in [0.1, 0.15) is 0 Å². The molecule has 0 radical (unpaired) electrons. The summed E-state index contributed by atoms with van der Waals surface area (Å²) < 4.78 is 0. The molecule has 0 aromatic rings. The monoisotopic (exact) mass is 328 g/mol. The Bertz CT molecular complexity index is 349. The summed E-state index contributed by atoms with van der Waals surface area (Å²) in [5.74, 6) is 1.82. The molecular formula is C17H34N3O3-. The summed E-state index contributed by atoms with van der Waals surface area (Å²) in [4.78, 5) is 16.5. The van der Waals surface area contributed by atoms with Crippen molar-refractivity contribution in [1.29, 1.82) is 0 Å². The summed E-state index contributed by atoms with van der Waals surface area (Å²) in [5.41, 5.74) is 2.32. The average molecular weight is 328 g/mol. The Morgan fingerprint density at radius 1 is 1.30 bits per heavy atom. The molecule has 1 aliphatic rings. The molecule has 1 aliphatic carbocycles. The van der Waals surface area contributed by atoms with Crippen LogP contribution >= 0.6 is 0 Å². The summed E-state index contributed by atoms with van der Waals surface area (Å²) in [5, 5.41) is 15.1. The standard InChI is InChI=1S/C17H34N3O3/c1-6-16(21)18-11-13(2)15-9-7-14(8-10-15)12-19-20(22)23-17(3,4)5/h13-15,19H,6-12H2,1-5H3,(H,18,21)/q-1/t13-,14?,15?/m0/s1. The Kier molecular flexibility index (Phi) is 8.47. The molecule has 1 amide bonds. The van der Waals surface area contributed by atoms with E-state index in [0.717, 1.165) is 32.2 Å². The number of hydrazine groups is 1. The van der Waals surface area contributed by atoms with E-state index >= 15 is 0 Å². The number of carbonyl (C=O) groups excluding carboxylic acids is 1. The minimum atomic E-state index is -0.481. The highest BCUT2D eigenvalue weighted by Gasteiger charge is 2.25. The maximum Gasteiger partial charge on any atom is 0.219 e. The normalized spacial score (nSPS) is 23.8. The summed E-state index contributed by atoms with van der Waals surface area (Å²) in [6, 6.07) is 0. The lowest BCUT2D eigenvalue weighted by Crippen LogP contribution is -2.42. The molecule has 0 aromatic heterocycles. The van der Waals surface area contributed by atoms with Crippen molar-refractivity contribution in [3.05, 3.63) is 5.21 Å². The van der Waals surface area contributed by atoms with Crippen LogP contribution in [0.2, 0.25) is 0 Å². The second-order valence-electron chi connectivity index (χ2n) is 7.74. The zero-order valence-electron chi connectivity index (χ0n) is 15.4. The maximum absolute atomic E-state index is 11.6. The van der Waals surface area contributed by atoms with E-state index in [0.29, 0.717) is 36.1 Å². The number of carbonyl (C=O) groups is 1. The van der Waals surface area contributed by atoms with Crippen molar-refractivity contribution in [2.45, 2.75) is 72.3 Å². The fourth-order valence-electron chi connectivity index (χ4n) is 3.01. The van der Waals surface area contributed by atoms with E-state index in [-0.39, 0.29) is 5.91 Å². The maximum atomic E-state index is 11.6. The van der Waals surface area contributed by atoms with Crippen molar-refractivity contribution in [2.24, 2.45) is 17.8 Å². The first-order chi connectivity index (χ1) is 10.7. The van der Waals surface area contributed by atoms with Crippen LogP contribution in [0.25, 0.3) is 0 Å². The van der Waals surface area contributed by atoms with Gasteiger partial charge in [-0.2, -0.15) is 5.34 Å². The van der Waals surface area contributed by atoms with Gasteiger partial charge >= 0.3 is 0 Å². The molecule has 1 rings (SSSR count). The molecule has 0 aliphatic heterocycles.